The average Bonchev–Trinajstić information content (AvgIpc) is 1.70. The van der Waals surface area contributed by atoms with Crippen LogP contribution in [0.15, 0.2) is 242 Å². The van der Waals surface area contributed by atoms with E-state index in [2.05, 4.69) is 160 Å². The number of amides is 5. The summed E-state index contributed by atoms with van der Waals surface area (Å²) in [7, 11) is 2.09. The summed E-state index contributed by atoms with van der Waals surface area (Å²) < 4.78 is 10.7. The van der Waals surface area contributed by atoms with E-state index in [0.29, 0.717) is 119 Å². The van der Waals surface area contributed by atoms with Crippen LogP contribution in [-0.2, 0) is 9.53 Å². The van der Waals surface area contributed by atoms with Crippen LogP contribution in [0.5, 0.6) is 0 Å². The number of benzene rings is 9. The lowest BCUT2D eigenvalue weighted by Gasteiger charge is -2.29. The summed E-state index contributed by atoms with van der Waals surface area (Å²) in [6.45, 7) is 15.0. The SMILES string of the molecule is CN1CCC(C(=O)Nc2cn[nH]c2-c2nc3ccccc3[nH]2)CC1.Cc1cc(C)c(C(=O)Nc2cn[nH]c2-c2nc3ccccc3[nH]2)c(C)c1.Cc1cc(N2CCOCC2)ccc1C(=O)Nc1cn[nH]c1-c1nc2ccccc2[nH]1.O=C(Nc1cn[nH]c1-c1nc2ccccc2[nH]1)c1ccc(-c2cnco2)cc1.O=C(Nc1cn[nH]c1-c1nc2ccccc2[nH]1)c1ccc(N2CCCC2)cc1Cl. The molecule has 3 aliphatic heterocycles. The first-order valence-electron chi connectivity index (χ1n) is 44.6. The van der Waals surface area contributed by atoms with E-state index in [1.54, 1.807) is 55.4 Å². The molecule has 9 aromatic carbocycles. The lowest BCUT2D eigenvalue weighted by atomic mass is 9.96. The summed E-state index contributed by atoms with van der Waals surface area (Å²) >= 11 is 6.42. The number of aromatic amines is 10. The van der Waals surface area contributed by atoms with E-state index in [1.807, 2.05) is 198 Å². The van der Waals surface area contributed by atoms with Gasteiger partial charge >= 0.3 is 0 Å². The van der Waals surface area contributed by atoms with Crippen LogP contribution in [0.4, 0.5) is 39.8 Å². The van der Waals surface area contributed by atoms with Crippen molar-refractivity contribution in [3.8, 4) is 68.9 Å². The molecule has 3 fully saturated rings. The number of H-pyrrole nitrogens is 10. The molecule has 0 bridgehead atoms. The molecule has 15 N–H and O–H groups in total. The molecule has 14 heterocycles. The van der Waals surface area contributed by atoms with Crippen molar-refractivity contribution in [2.45, 2.75) is 53.4 Å². The minimum atomic E-state index is -0.290. The van der Waals surface area contributed by atoms with Crippen LogP contribution in [0.2, 0.25) is 5.02 Å². The Morgan fingerprint density at radius 3 is 1.15 bits per heavy atom. The van der Waals surface area contributed by atoms with E-state index in [-0.39, 0.29) is 35.5 Å². The van der Waals surface area contributed by atoms with Gasteiger partial charge in [-0.15, -0.1) is 0 Å². The molecular weight excluding hydrogens is 1750 g/mol. The van der Waals surface area contributed by atoms with E-state index >= 15 is 0 Å². The molecule has 0 saturated carbocycles. The Morgan fingerprint density at radius 1 is 0.387 bits per heavy atom. The molecule has 36 nitrogen and oxygen atoms in total. The fourth-order valence-corrected chi connectivity index (χ4v) is 17.2. The Morgan fingerprint density at radius 2 is 0.759 bits per heavy atom. The highest BCUT2D eigenvalue weighted by molar-refractivity contribution is 6.35. The van der Waals surface area contributed by atoms with Crippen molar-refractivity contribution >= 4 is 136 Å². The van der Waals surface area contributed by atoms with Gasteiger partial charge < -0.3 is 75.4 Å². The molecule has 3 aliphatic rings. The molecule has 0 unspecified atom stereocenters. The van der Waals surface area contributed by atoms with Gasteiger partial charge in [0, 0.05) is 65.7 Å². The van der Waals surface area contributed by atoms with Crippen molar-refractivity contribution in [3.05, 3.63) is 287 Å². The first-order chi connectivity index (χ1) is 66.9. The van der Waals surface area contributed by atoms with Crippen molar-refractivity contribution in [1.82, 2.24) is 111 Å². The maximum absolute atomic E-state index is 13.0. The number of likely N-dealkylation sites (tertiary alicyclic amines) is 1. The molecule has 37 heteroatoms. The molecule has 20 aromatic rings. The lowest BCUT2D eigenvalue weighted by molar-refractivity contribution is -0.121. The predicted molar refractivity (Wildman–Crippen MR) is 529 cm³/mol. The number of aryl methyl sites for hydroxylation is 4. The van der Waals surface area contributed by atoms with Gasteiger partial charge in [-0.25, -0.2) is 29.9 Å². The zero-order valence-corrected chi connectivity index (χ0v) is 75.8. The zero-order valence-electron chi connectivity index (χ0n) is 75.1. The molecule has 137 heavy (non-hydrogen) atoms. The van der Waals surface area contributed by atoms with Gasteiger partial charge in [-0.05, 0) is 199 Å². The quantitative estimate of drug-likeness (QED) is 0.0379. The number of halogens is 1. The molecule has 23 rings (SSSR count). The second-order valence-electron chi connectivity index (χ2n) is 33.4. The Kier molecular flexibility index (Phi) is 26.0. The standard InChI is InChI=1S/C22H22N6O2.C21H19ClN6O.C20H14N6O2.C20H19N5O.C17H20N6O/c1-14-12-15(28-8-10-30-11-9-28)6-7-16(14)22(29)26-19-13-23-27-20(19)21-24-17-4-2-3-5-18(17)25-21;22-15-11-13(28-9-3-4-10-28)7-8-14(15)21(29)26-18-12-23-27-19(18)20-24-16-5-1-2-6-17(16)25-20;27-20(13-7-5-12(6-8-13)17-10-21-11-28-17)25-16-9-22-26-18(16)19-23-14-3-1-2-4-15(14)24-19;1-11-8-12(2)17(13(3)9-11)20(26)24-16-10-21-25-18(16)19-22-14-6-4-5-7-15(14)23-19;1-23-8-6-11(7-9-23)17(24)21-14-10-18-22-15(14)16-19-12-4-2-3-5-13(12)20-16/h2-7,12-13H,8-11H2,1H3,(H,23,27)(H,24,25)(H,26,29);1-2,5-8,11-12H,3-4,9-10H2,(H,23,27)(H,24,25)(H,26,29);1-11H,(H,22,26)(H,23,24)(H,25,27);4-10H,1-3H3,(H,21,25)(H,22,23)(H,24,26);2-5,10-11H,6-9H2,1H3,(H,18,22)(H,19,20)(H,21,24). The van der Waals surface area contributed by atoms with Crippen LogP contribution >= 0.6 is 11.6 Å². The van der Waals surface area contributed by atoms with Crippen LogP contribution < -0.4 is 36.4 Å². The van der Waals surface area contributed by atoms with E-state index < -0.39 is 0 Å². The largest absolute Gasteiger partial charge is 0.444 e. The van der Waals surface area contributed by atoms with Crippen molar-refractivity contribution in [2.24, 2.45) is 5.92 Å². The Labute approximate surface area is 786 Å². The number of fused-ring (bicyclic) bond motifs is 5. The number of aromatic nitrogens is 21. The fourth-order valence-electron chi connectivity index (χ4n) is 16.9. The molecule has 11 aromatic heterocycles. The number of morpholine rings is 1. The maximum atomic E-state index is 13.0. The molecule has 3 saturated heterocycles. The third kappa shape index (κ3) is 20.1. The van der Waals surface area contributed by atoms with Crippen LogP contribution in [0.3, 0.4) is 0 Å². The first kappa shape index (κ1) is 89.0. The summed E-state index contributed by atoms with van der Waals surface area (Å²) in [5, 5.41) is 50.0. The van der Waals surface area contributed by atoms with Crippen molar-refractivity contribution < 1.29 is 33.1 Å². The summed E-state index contributed by atoms with van der Waals surface area (Å²) in [6.07, 6.45) is 15.1. The highest BCUT2D eigenvalue weighted by Gasteiger charge is 2.28. The number of oxazole rings is 1. The Hall–Kier alpha value is -17.3. The highest BCUT2D eigenvalue weighted by atomic mass is 35.5. The third-order valence-electron chi connectivity index (χ3n) is 23.9. The van der Waals surface area contributed by atoms with Crippen molar-refractivity contribution in [3.63, 3.8) is 0 Å². The van der Waals surface area contributed by atoms with Crippen molar-refractivity contribution in [1.29, 1.82) is 0 Å². The number of para-hydroxylation sites is 10. The van der Waals surface area contributed by atoms with Crippen molar-refractivity contribution in [2.75, 3.05) is 95.9 Å². The Balaban J connectivity index is 0.000000110. The number of piperidine rings is 1. The summed E-state index contributed by atoms with van der Waals surface area (Å²) in [4.78, 5) is 114. The third-order valence-corrected chi connectivity index (χ3v) is 24.2. The number of carbonyl (C=O) groups is 5. The first-order valence-corrected chi connectivity index (χ1v) is 45.0. The van der Waals surface area contributed by atoms with Gasteiger partial charge in [-0.2, -0.15) is 25.5 Å². The number of ether oxygens (including phenoxy) is 1. The van der Waals surface area contributed by atoms with E-state index in [0.717, 1.165) is 160 Å². The number of imidazole rings is 5. The monoisotopic (exact) mass is 1850 g/mol. The van der Waals surface area contributed by atoms with Gasteiger partial charge in [0.1, 0.15) is 28.5 Å². The zero-order chi connectivity index (χ0) is 94.0. The highest BCUT2D eigenvalue weighted by Crippen LogP contribution is 2.36. The molecule has 0 spiro atoms. The summed E-state index contributed by atoms with van der Waals surface area (Å²) in [5.41, 5.74) is 24.3. The van der Waals surface area contributed by atoms with Gasteiger partial charge in [0.25, 0.3) is 23.6 Å². The minimum Gasteiger partial charge on any atom is -0.444 e. The van der Waals surface area contributed by atoms with Gasteiger partial charge in [-0.3, -0.25) is 49.5 Å². The van der Waals surface area contributed by atoms with Gasteiger partial charge in [0.15, 0.2) is 41.3 Å². The van der Waals surface area contributed by atoms with Crippen LogP contribution in [0.1, 0.15) is 89.4 Å². The van der Waals surface area contributed by atoms with Crippen LogP contribution in [0, 0.1) is 33.6 Å². The number of carbonyl (C=O) groups excluding carboxylic acids is 5. The maximum Gasteiger partial charge on any atom is 0.257 e. The molecule has 0 radical (unpaired) electrons. The second kappa shape index (κ2) is 40.1. The molecular formula is C100H94ClN29O7. The number of rotatable bonds is 18. The molecule has 0 atom stereocenters. The number of nitrogens with zero attached hydrogens (tertiary/aromatic N) is 14. The lowest BCUT2D eigenvalue weighted by Crippen LogP contribution is -2.36. The molecule has 688 valence electrons. The topological polar surface area (TPSA) is 477 Å². The normalized spacial score (nSPS) is 13.3. The fraction of sp³-hybridized carbons (Fsp3) is 0.180. The number of hydrogen-bond donors (Lipinski definition) is 15. The number of anilines is 7. The predicted octanol–water partition coefficient (Wildman–Crippen LogP) is 18.0. The van der Waals surface area contributed by atoms with Crippen LogP contribution in [0.25, 0.3) is 124 Å². The Bertz CT molecular complexity index is 7530. The smallest absolute Gasteiger partial charge is 0.257 e. The van der Waals surface area contributed by atoms with Gasteiger partial charge in [0.05, 0.1) is 145 Å². The van der Waals surface area contributed by atoms with E-state index in [9.17, 15) is 24.0 Å². The number of nitrogens with one attached hydrogen (secondary N) is 15. The van der Waals surface area contributed by atoms with Gasteiger partial charge in [-0.1, -0.05) is 102 Å². The second-order valence-corrected chi connectivity index (χ2v) is 33.8. The average molecular weight is 1850 g/mol. The summed E-state index contributed by atoms with van der Waals surface area (Å²) in [5.74, 6) is 3.04. The van der Waals surface area contributed by atoms with E-state index in [1.165, 1.54) is 19.2 Å². The van der Waals surface area contributed by atoms with Gasteiger partial charge in [0.2, 0.25) is 5.91 Å². The summed E-state index contributed by atoms with van der Waals surface area (Å²) in [6, 6.07) is 61.4. The van der Waals surface area contributed by atoms with E-state index in [4.69, 9.17) is 20.8 Å². The number of hydrogen-bond acceptors (Lipinski definition) is 21. The molecule has 0 aliphatic carbocycles. The minimum absolute atomic E-state index is 0.0552. The molecule has 5 amide bonds. The van der Waals surface area contributed by atoms with Crippen LogP contribution in [-0.4, -0.2) is 200 Å².